The third-order valence-electron chi connectivity index (χ3n) is 5.50. The van der Waals surface area contributed by atoms with Gasteiger partial charge in [-0.1, -0.05) is 47.7 Å². The summed E-state index contributed by atoms with van der Waals surface area (Å²) < 4.78 is 18.4. The smallest absolute Gasteiger partial charge is 0.228 e. The Labute approximate surface area is 194 Å². The number of nitrogens with two attached hydrogens (primary N) is 1. The van der Waals surface area contributed by atoms with Crippen LogP contribution in [-0.4, -0.2) is 22.1 Å². The predicted molar refractivity (Wildman–Crippen MR) is 122 cm³/mol. The summed E-state index contributed by atoms with van der Waals surface area (Å²) in [6.07, 6.45) is 1.77. The van der Waals surface area contributed by atoms with Crippen LogP contribution in [-0.2, 0) is 6.54 Å². The van der Waals surface area contributed by atoms with Gasteiger partial charge >= 0.3 is 0 Å². The van der Waals surface area contributed by atoms with Crippen molar-refractivity contribution in [2.45, 2.75) is 12.5 Å². The summed E-state index contributed by atoms with van der Waals surface area (Å²) >= 11 is 0. The van der Waals surface area contributed by atoms with Gasteiger partial charge in [0.25, 0.3) is 0 Å². The largest absolute Gasteiger partial charge is 0.497 e. The molecule has 4 aromatic rings. The highest BCUT2D eigenvalue weighted by Crippen LogP contribution is 2.41. The van der Waals surface area contributed by atoms with E-state index in [4.69, 9.17) is 19.6 Å². The first kappa shape index (κ1) is 21.0. The SMILES string of the molecule is COc1ccc(C2C(C#N)=C(N)Oc3c2oc(Cn2cc(-c4ccccc4)nn2)cc3=O)cc1. The maximum absolute atomic E-state index is 12.9. The average molecular weight is 453 g/mol. The molecule has 0 amide bonds. The van der Waals surface area contributed by atoms with E-state index in [9.17, 15) is 10.1 Å². The maximum atomic E-state index is 12.9. The molecule has 0 saturated carbocycles. The number of ether oxygens (including phenoxy) is 2. The van der Waals surface area contributed by atoms with E-state index >= 15 is 0 Å². The lowest BCUT2D eigenvalue weighted by atomic mass is 9.87. The first-order chi connectivity index (χ1) is 16.6. The van der Waals surface area contributed by atoms with E-state index in [1.54, 1.807) is 42.3 Å². The number of nitriles is 1. The lowest BCUT2D eigenvalue weighted by Crippen LogP contribution is -2.25. The van der Waals surface area contributed by atoms with Gasteiger partial charge in [-0.15, -0.1) is 5.10 Å². The number of allylic oxidation sites excluding steroid dienone is 1. The van der Waals surface area contributed by atoms with Gasteiger partial charge in [0.05, 0.1) is 19.2 Å². The van der Waals surface area contributed by atoms with E-state index in [1.165, 1.54) is 6.07 Å². The van der Waals surface area contributed by atoms with Crippen molar-refractivity contribution in [3.05, 3.63) is 106 Å². The van der Waals surface area contributed by atoms with Crippen molar-refractivity contribution in [2.24, 2.45) is 5.73 Å². The first-order valence-corrected chi connectivity index (χ1v) is 10.4. The minimum absolute atomic E-state index is 0.0374. The van der Waals surface area contributed by atoms with E-state index in [2.05, 4.69) is 16.4 Å². The molecule has 3 heterocycles. The molecule has 0 radical (unpaired) electrons. The molecule has 168 valence electrons. The minimum Gasteiger partial charge on any atom is -0.497 e. The maximum Gasteiger partial charge on any atom is 0.228 e. The zero-order chi connectivity index (χ0) is 23.7. The topological polar surface area (TPSA) is 129 Å². The van der Waals surface area contributed by atoms with Gasteiger partial charge in [-0.25, -0.2) is 4.68 Å². The molecule has 1 aliphatic rings. The Morgan fingerprint density at radius 3 is 2.65 bits per heavy atom. The van der Waals surface area contributed by atoms with Crippen LogP contribution in [0.25, 0.3) is 11.3 Å². The van der Waals surface area contributed by atoms with Gasteiger partial charge < -0.3 is 19.6 Å². The zero-order valence-electron chi connectivity index (χ0n) is 18.1. The molecular weight excluding hydrogens is 434 g/mol. The molecule has 34 heavy (non-hydrogen) atoms. The summed E-state index contributed by atoms with van der Waals surface area (Å²) in [4.78, 5) is 12.9. The van der Waals surface area contributed by atoms with Crippen molar-refractivity contribution >= 4 is 0 Å². The number of methoxy groups -OCH3 is 1. The Balaban J connectivity index is 1.54. The molecule has 0 aliphatic carbocycles. The number of nitrogens with zero attached hydrogens (tertiary/aromatic N) is 4. The standard InChI is InChI=1S/C25H19N5O4/c1-32-17-9-7-16(8-10-17)22-19(12-26)25(27)34-23-21(31)11-18(33-24(22)23)13-30-14-20(28-29-30)15-5-3-2-4-6-15/h2-11,14,22H,13,27H2,1H3. The van der Waals surface area contributed by atoms with Gasteiger partial charge in [0, 0.05) is 11.6 Å². The molecule has 0 fully saturated rings. The average Bonchev–Trinajstić information content (AvgIpc) is 3.33. The molecule has 0 bridgehead atoms. The molecule has 9 nitrogen and oxygen atoms in total. The number of aromatic nitrogens is 3. The molecule has 2 N–H and O–H groups in total. The van der Waals surface area contributed by atoms with Crippen LogP contribution in [0.4, 0.5) is 0 Å². The van der Waals surface area contributed by atoms with Gasteiger partial charge in [0.1, 0.15) is 35.4 Å². The molecular formula is C25H19N5O4. The third kappa shape index (κ3) is 3.78. The summed E-state index contributed by atoms with van der Waals surface area (Å²) in [5.41, 5.74) is 8.06. The van der Waals surface area contributed by atoms with Crippen molar-refractivity contribution in [3.8, 4) is 28.8 Å². The van der Waals surface area contributed by atoms with E-state index < -0.39 is 11.3 Å². The molecule has 9 heteroatoms. The van der Waals surface area contributed by atoms with E-state index in [1.807, 2.05) is 30.3 Å². The van der Waals surface area contributed by atoms with Crippen molar-refractivity contribution in [3.63, 3.8) is 0 Å². The summed E-state index contributed by atoms with van der Waals surface area (Å²) in [7, 11) is 1.57. The molecule has 1 aliphatic heterocycles. The van der Waals surface area contributed by atoms with Crippen molar-refractivity contribution in [1.29, 1.82) is 5.26 Å². The lowest BCUT2D eigenvalue weighted by molar-refractivity contribution is 0.329. The molecule has 1 unspecified atom stereocenters. The lowest BCUT2D eigenvalue weighted by Gasteiger charge is -2.25. The summed E-state index contributed by atoms with van der Waals surface area (Å²) in [5, 5.41) is 18.1. The van der Waals surface area contributed by atoms with Crippen LogP contribution in [0.3, 0.4) is 0 Å². The normalized spacial score (nSPS) is 14.8. The van der Waals surface area contributed by atoms with Crippen LogP contribution in [0, 0.1) is 11.3 Å². The fraction of sp³-hybridized carbons (Fsp3) is 0.120. The Morgan fingerprint density at radius 1 is 1.18 bits per heavy atom. The van der Waals surface area contributed by atoms with Gasteiger partial charge in [0.2, 0.25) is 17.1 Å². The molecule has 1 atom stereocenters. The first-order valence-electron chi connectivity index (χ1n) is 10.4. The number of hydrogen-bond donors (Lipinski definition) is 1. The monoisotopic (exact) mass is 453 g/mol. The quantitative estimate of drug-likeness (QED) is 0.488. The second-order valence-electron chi connectivity index (χ2n) is 7.64. The van der Waals surface area contributed by atoms with Crippen LogP contribution in [0.2, 0.25) is 0 Å². The van der Waals surface area contributed by atoms with Crippen LogP contribution in [0.15, 0.2) is 87.5 Å². The van der Waals surface area contributed by atoms with Gasteiger partial charge in [-0.05, 0) is 17.7 Å². The Morgan fingerprint density at radius 2 is 1.94 bits per heavy atom. The Hall–Kier alpha value is -4.84. The predicted octanol–water partition coefficient (Wildman–Crippen LogP) is 3.17. The number of fused-ring (bicyclic) bond motifs is 1. The van der Waals surface area contributed by atoms with Crippen LogP contribution < -0.4 is 20.6 Å². The summed E-state index contributed by atoms with van der Waals surface area (Å²) in [5.74, 6) is 0.337. The third-order valence-corrected chi connectivity index (χ3v) is 5.50. The number of hydrogen-bond acceptors (Lipinski definition) is 8. The highest BCUT2D eigenvalue weighted by molar-refractivity contribution is 5.57. The van der Waals surface area contributed by atoms with E-state index in [-0.39, 0.29) is 29.5 Å². The van der Waals surface area contributed by atoms with Crippen molar-refractivity contribution in [1.82, 2.24) is 15.0 Å². The summed E-state index contributed by atoms with van der Waals surface area (Å²) in [6, 6.07) is 20.2. The molecule has 2 aromatic heterocycles. The molecule has 0 spiro atoms. The minimum atomic E-state index is -0.706. The van der Waals surface area contributed by atoms with Crippen LogP contribution in [0.1, 0.15) is 23.0 Å². The van der Waals surface area contributed by atoms with Crippen LogP contribution in [0.5, 0.6) is 11.5 Å². The highest BCUT2D eigenvalue weighted by Gasteiger charge is 2.35. The molecule has 0 saturated heterocycles. The Kier molecular flexibility index (Phi) is 5.32. The number of benzene rings is 2. The van der Waals surface area contributed by atoms with Gasteiger partial charge in [0.15, 0.2) is 5.76 Å². The fourth-order valence-corrected chi connectivity index (χ4v) is 3.87. The molecule has 2 aromatic carbocycles. The van der Waals surface area contributed by atoms with Crippen molar-refractivity contribution in [2.75, 3.05) is 7.11 Å². The van der Waals surface area contributed by atoms with Gasteiger partial charge in [-0.2, -0.15) is 5.26 Å². The molecule has 5 rings (SSSR count). The van der Waals surface area contributed by atoms with Crippen LogP contribution >= 0.6 is 0 Å². The van der Waals surface area contributed by atoms with E-state index in [0.717, 1.165) is 5.56 Å². The Bertz CT molecular complexity index is 1480. The number of rotatable bonds is 5. The summed E-state index contributed by atoms with van der Waals surface area (Å²) in [6.45, 7) is 0.165. The second-order valence-corrected chi connectivity index (χ2v) is 7.64. The highest BCUT2D eigenvalue weighted by atomic mass is 16.5. The van der Waals surface area contributed by atoms with Crippen molar-refractivity contribution < 1.29 is 13.9 Å². The zero-order valence-corrected chi connectivity index (χ0v) is 18.1. The van der Waals surface area contributed by atoms with Gasteiger partial charge in [-0.3, -0.25) is 4.79 Å². The fourth-order valence-electron chi connectivity index (χ4n) is 3.87. The second kappa shape index (κ2) is 8.60. The van der Waals surface area contributed by atoms with E-state index in [0.29, 0.717) is 22.8 Å².